The van der Waals surface area contributed by atoms with Crippen LogP contribution in [0.2, 0.25) is 0 Å². The van der Waals surface area contributed by atoms with Crippen LogP contribution in [-0.2, 0) is 11.3 Å². The number of likely N-dealkylation sites (tertiary alicyclic amines) is 1. The zero-order valence-corrected chi connectivity index (χ0v) is 14.5. The van der Waals surface area contributed by atoms with Crippen molar-refractivity contribution in [1.29, 1.82) is 0 Å². The van der Waals surface area contributed by atoms with Gasteiger partial charge in [-0.05, 0) is 62.8 Å². The molecule has 1 aliphatic rings. The number of benzene rings is 1. The maximum Gasteiger partial charge on any atom is 0.410 e. The molecule has 0 aliphatic carbocycles. The molecule has 1 aromatic rings. The van der Waals surface area contributed by atoms with Crippen LogP contribution in [0.4, 0.5) is 4.79 Å². The lowest BCUT2D eigenvalue weighted by molar-refractivity contribution is 0.0204. The van der Waals surface area contributed by atoms with Gasteiger partial charge in [-0.1, -0.05) is 6.07 Å². The Bertz CT molecular complexity index is 542. The van der Waals surface area contributed by atoms with E-state index in [0.29, 0.717) is 19.0 Å². The van der Waals surface area contributed by atoms with Gasteiger partial charge in [0.25, 0.3) is 0 Å². The number of carbonyl (C=O) groups is 1. The second-order valence-electron chi connectivity index (χ2n) is 6.98. The molecule has 1 N–H and O–H groups in total. The summed E-state index contributed by atoms with van der Waals surface area (Å²) in [5.41, 5.74) is 1.53. The minimum Gasteiger partial charge on any atom is -0.496 e. The van der Waals surface area contributed by atoms with Gasteiger partial charge >= 0.3 is 6.09 Å². The molecule has 2 rings (SSSR count). The first-order chi connectivity index (χ1) is 10.8. The largest absolute Gasteiger partial charge is 0.496 e. The third kappa shape index (κ3) is 4.61. The van der Waals surface area contributed by atoms with Crippen molar-refractivity contribution in [2.75, 3.05) is 20.2 Å². The lowest BCUT2D eigenvalue weighted by Gasteiger charge is -2.34. The Balaban J connectivity index is 2.03. The van der Waals surface area contributed by atoms with Crippen LogP contribution < -0.4 is 4.74 Å². The molecule has 1 fully saturated rings. The van der Waals surface area contributed by atoms with Gasteiger partial charge in [0.05, 0.1) is 13.7 Å². The maximum atomic E-state index is 12.1. The number of hydrogen-bond donors (Lipinski definition) is 1. The van der Waals surface area contributed by atoms with E-state index in [1.54, 1.807) is 12.0 Å². The Labute approximate surface area is 138 Å². The first-order valence-corrected chi connectivity index (χ1v) is 8.09. The minimum absolute atomic E-state index is 0.0216. The van der Waals surface area contributed by atoms with Gasteiger partial charge < -0.3 is 19.5 Å². The number of hydrogen-bond acceptors (Lipinski definition) is 4. The molecule has 1 aliphatic heterocycles. The monoisotopic (exact) mass is 321 g/mol. The number of carbonyl (C=O) groups excluding carboxylic acids is 1. The van der Waals surface area contributed by atoms with E-state index in [1.165, 1.54) is 0 Å². The molecule has 23 heavy (non-hydrogen) atoms. The molecule has 1 heterocycles. The number of ether oxygens (including phenoxy) is 2. The molecule has 0 atom stereocenters. The lowest BCUT2D eigenvalue weighted by Crippen LogP contribution is -2.41. The fourth-order valence-corrected chi connectivity index (χ4v) is 2.90. The van der Waals surface area contributed by atoms with E-state index in [-0.39, 0.29) is 12.7 Å². The van der Waals surface area contributed by atoms with Gasteiger partial charge in [-0.3, -0.25) is 0 Å². The highest BCUT2D eigenvalue weighted by Crippen LogP contribution is 2.35. The third-order valence-electron chi connectivity index (χ3n) is 4.06. The second-order valence-corrected chi connectivity index (χ2v) is 6.98. The highest BCUT2D eigenvalue weighted by Gasteiger charge is 2.28. The van der Waals surface area contributed by atoms with Crippen LogP contribution in [-0.4, -0.2) is 41.9 Å². The lowest BCUT2D eigenvalue weighted by atomic mass is 9.88. The Kier molecular flexibility index (Phi) is 5.52. The number of methoxy groups -OCH3 is 1. The average Bonchev–Trinajstić information content (AvgIpc) is 2.52. The highest BCUT2D eigenvalue weighted by atomic mass is 16.6. The molecule has 0 aromatic heterocycles. The van der Waals surface area contributed by atoms with Gasteiger partial charge in [-0.15, -0.1) is 0 Å². The van der Waals surface area contributed by atoms with Gasteiger partial charge in [0.15, 0.2) is 0 Å². The zero-order valence-electron chi connectivity index (χ0n) is 14.5. The molecule has 1 amide bonds. The van der Waals surface area contributed by atoms with Crippen LogP contribution in [0.3, 0.4) is 0 Å². The van der Waals surface area contributed by atoms with E-state index in [9.17, 15) is 9.90 Å². The van der Waals surface area contributed by atoms with Crippen LogP contribution in [0.1, 0.15) is 50.7 Å². The summed E-state index contributed by atoms with van der Waals surface area (Å²) in [6.07, 6.45) is 1.49. The van der Waals surface area contributed by atoms with Crippen LogP contribution in [0.15, 0.2) is 18.2 Å². The molecule has 128 valence electrons. The van der Waals surface area contributed by atoms with Crippen molar-refractivity contribution >= 4 is 6.09 Å². The summed E-state index contributed by atoms with van der Waals surface area (Å²) in [5.74, 6) is 1.17. The molecular weight excluding hydrogens is 294 g/mol. The Hall–Kier alpha value is -1.75. The van der Waals surface area contributed by atoms with E-state index in [2.05, 4.69) is 0 Å². The molecule has 0 spiro atoms. The fraction of sp³-hybridized carbons (Fsp3) is 0.611. The number of piperidine rings is 1. The summed E-state index contributed by atoms with van der Waals surface area (Å²) in [7, 11) is 1.66. The van der Waals surface area contributed by atoms with Crippen LogP contribution >= 0.6 is 0 Å². The number of amides is 1. The SMILES string of the molecule is COc1ccc(CO)cc1C1CCN(C(=O)OC(C)(C)C)CC1. The summed E-state index contributed by atoms with van der Waals surface area (Å²) < 4.78 is 10.9. The molecule has 0 saturated carbocycles. The average molecular weight is 321 g/mol. The fourth-order valence-electron chi connectivity index (χ4n) is 2.90. The summed E-state index contributed by atoms with van der Waals surface area (Å²) >= 11 is 0. The quantitative estimate of drug-likeness (QED) is 0.928. The van der Waals surface area contributed by atoms with Crippen molar-refractivity contribution in [3.05, 3.63) is 29.3 Å². The van der Waals surface area contributed by atoms with E-state index < -0.39 is 5.60 Å². The second kappa shape index (κ2) is 7.21. The molecule has 0 unspecified atom stereocenters. The summed E-state index contributed by atoms with van der Waals surface area (Å²) in [6.45, 7) is 7.00. The van der Waals surface area contributed by atoms with Crippen LogP contribution in [0.5, 0.6) is 5.75 Å². The number of rotatable bonds is 3. The van der Waals surface area contributed by atoms with E-state index >= 15 is 0 Å². The molecular formula is C18H27NO4. The Morgan fingerprint density at radius 1 is 1.30 bits per heavy atom. The van der Waals surface area contributed by atoms with E-state index in [1.807, 2.05) is 39.0 Å². The first kappa shape index (κ1) is 17.6. The summed E-state index contributed by atoms with van der Waals surface area (Å²) in [4.78, 5) is 13.9. The Morgan fingerprint density at radius 3 is 2.48 bits per heavy atom. The smallest absolute Gasteiger partial charge is 0.410 e. The molecule has 0 bridgehead atoms. The van der Waals surface area contributed by atoms with Crippen LogP contribution in [0.25, 0.3) is 0 Å². The van der Waals surface area contributed by atoms with Gasteiger partial charge in [0.2, 0.25) is 0 Å². The summed E-state index contributed by atoms with van der Waals surface area (Å²) in [6, 6.07) is 5.78. The topological polar surface area (TPSA) is 59.0 Å². The number of aliphatic hydroxyl groups is 1. The van der Waals surface area contributed by atoms with E-state index in [0.717, 1.165) is 29.7 Å². The predicted octanol–water partition coefficient (Wildman–Crippen LogP) is 3.30. The maximum absolute atomic E-state index is 12.1. The first-order valence-electron chi connectivity index (χ1n) is 8.09. The molecule has 1 aromatic carbocycles. The van der Waals surface area contributed by atoms with E-state index in [4.69, 9.17) is 9.47 Å². The zero-order chi connectivity index (χ0) is 17.0. The van der Waals surface area contributed by atoms with Gasteiger partial charge in [0.1, 0.15) is 11.4 Å². The molecule has 5 nitrogen and oxygen atoms in total. The number of nitrogens with zero attached hydrogens (tertiary/aromatic N) is 1. The van der Waals surface area contributed by atoms with Crippen molar-refractivity contribution in [2.45, 2.75) is 51.7 Å². The Morgan fingerprint density at radius 2 is 1.96 bits per heavy atom. The van der Waals surface area contributed by atoms with Crippen molar-refractivity contribution < 1.29 is 19.4 Å². The van der Waals surface area contributed by atoms with Crippen molar-refractivity contribution in [1.82, 2.24) is 4.90 Å². The summed E-state index contributed by atoms with van der Waals surface area (Å²) in [5, 5.41) is 9.34. The normalized spacial score (nSPS) is 16.3. The van der Waals surface area contributed by atoms with Gasteiger partial charge in [-0.25, -0.2) is 4.79 Å². The minimum atomic E-state index is -0.466. The van der Waals surface area contributed by atoms with Crippen molar-refractivity contribution in [3.63, 3.8) is 0 Å². The van der Waals surface area contributed by atoms with Gasteiger partial charge in [0, 0.05) is 13.1 Å². The molecule has 0 radical (unpaired) electrons. The van der Waals surface area contributed by atoms with Gasteiger partial charge in [-0.2, -0.15) is 0 Å². The standard InChI is InChI=1S/C18H27NO4/c1-18(2,3)23-17(21)19-9-7-14(8-10-19)15-11-13(12-20)5-6-16(15)22-4/h5-6,11,14,20H,7-10,12H2,1-4H3. The van der Waals surface area contributed by atoms with Crippen molar-refractivity contribution in [2.24, 2.45) is 0 Å². The highest BCUT2D eigenvalue weighted by molar-refractivity contribution is 5.68. The predicted molar refractivity (Wildman–Crippen MR) is 88.7 cm³/mol. The molecule has 5 heteroatoms. The number of aliphatic hydroxyl groups excluding tert-OH is 1. The third-order valence-corrected chi connectivity index (χ3v) is 4.06. The molecule has 1 saturated heterocycles. The van der Waals surface area contributed by atoms with Crippen LogP contribution in [0, 0.1) is 0 Å². The van der Waals surface area contributed by atoms with Crippen molar-refractivity contribution in [3.8, 4) is 5.75 Å².